The molecule has 1 atom stereocenters. The van der Waals surface area contributed by atoms with Crippen molar-refractivity contribution in [2.24, 2.45) is 0 Å². The SMILES string of the molecule is CCCC1(c2cccc(C(F)(F)F)c2)CCN1. The molecule has 1 aromatic rings. The van der Waals surface area contributed by atoms with Crippen molar-refractivity contribution >= 4 is 0 Å². The highest BCUT2D eigenvalue weighted by Crippen LogP contribution is 2.38. The summed E-state index contributed by atoms with van der Waals surface area (Å²) in [7, 11) is 0. The summed E-state index contributed by atoms with van der Waals surface area (Å²) >= 11 is 0. The number of hydrogen-bond acceptors (Lipinski definition) is 1. The molecule has 1 unspecified atom stereocenters. The summed E-state index contributed by atoms with van der Waals surface area (Å²) in [4.78, 5) is 0. The molecular weight excluding hydrogens is 227 g/mol. The van der Waals surface area contributed by atoms with E-state index in [9.17, 15) is 13.2 Å². The van der Waals surface area contributed by atoms with Gasteiger partial charge in [0, 0.05) is 5.54 Å². The summed E-state index contributed by atoms with van der Waals surface area (Å²) in [5, 5.41) is 3.29. The largest absolute Gasteiger partial charge is 0.416 e. The van der Waals surface area contributed by atoms with Gasteiger partial charge in [-0.15, -0.1) is 0 Å². The third kappa shape index (κ3) is 2.32. The van der Waals surface area contributed by atoms with Gasteiger partial charge in [-0.25, -0.2) is 0 Å². The predicted octanol–water partition coefficient (Wildman–Crippen LogP) is 3.69. The molecule has 0 aliphatic carbocycles. The first kappa shape index (κ1) is 12.4. The Labute approximate surface area is 99.0 Å². The van der Waals surface area contributed by atoms with Crippen molar-refractivity contribution in [1.29, 1.82) is 0 Å². The van der Waals surface area contributed by atoms with Crippen LogP contribution in [0.25, 0.3) is 0 Å². The summed E-state index contributed by atoms with van der Waals surface area (Å²) in [6, 6.07) is 5.69. The van der Waals surface area contributed by atoms with Gasteiger partial charge >= 0.3 is 6.18 Å². The molecule has 17 heavy (non-hydrogen) atoms. The van der Waals surface area contributed by atoms with Gasteiger partial charge in [-0.2, -0.15) is 13.2 Å². The zero-order valence-corrected chi connectivity index (χ0v) is 9.77. The molecule has 0 amide bonds. The van der Waals surface area contributed by atoms with Gasteiger partial charge in [-0.05, 0) is 37.1 Å². The van der Waals surface area contributed by atoms with E-state index < -0.39 is 11.7 Å². The maximum atomic E-state index is 12.6. The molecule has 1 saturated heterocycles. The number of alkyl halides is 3. The van der Waals surface area contributed by atoms with E-state index in [0.29, 0.717) is 0 Å². The average Bonchev–Trinajstić information content (AvgIpc) is 2.22. The molecule has 0 spiro atoms. The van der Waals surface area contributed by atoms with Gasteiger partial charge in [0.1, 0.15) is 0 Å². The van der Waals surface area contributed by atoms with Gasteiger partial charge in [0.2, 0.25) is 0 Å². The molecule has 0 saturated carbocycles. The lowest BCUT2D eigenvalue weighted by molar-refractivity contribution is -0.137. The average molecular weight is 243 g/mol. The molecule has 1 aliphatic rings. The van der Waals surface area contributed by atoms with Crippen LogP contribution in [0.2, 0.25) is 0 Å². The van der Waals surface area contributed by atoms with Crippen molar-refractivity contribution in [2.75, 3.05) is 6.54 Å². The minimum Gasteiger partial charge on any atom is -0.307 e. The monoisotopic (exact) mass is 243 g/mol. The van der Waals surface area contributed by atoms with Gasteiger partial charge < -0.3 is 5.32 Å². The Balaban J connectivity index is 2.32. The molecule has 1 nitrogen and oxygen atoms in total. The molecule has 0 radical (unpaired) electrons. The Morgan fingerprint density at radius 3 is 2.53 bits per heavy atom. The molecular formula is C13H16F3N. The second kappa shape index (κ2) is 4.33. The van der Waals surface area contributed by atoms with E-state index in [2.05, 4.69) is 12.2 Å². The molecule has 1 heterocycles. The van der Waals surface area contributed by atoms with Crippen LogP contribution in [0.5, 0.6) is 0 Å². The molecule has 1 fully saturated rings. The van der Waals surface area contributed by atoms with E-state index in [0.717, 1.165) is 37.4 Å². The van der Waals surface area contributed by atoms with Gasteiger partial charge in [0.05, 0.1) is 5.56 Å². The van der Waals surface area contributed by atoms with Crippen molar-refractivity contribution in [3.8, 4) is 0 Å². The molecule has 1 aliphatic heterocycles. The highest BCUT2D eigenvalue weighted by molar-refractivity contribution is 5.33. The fourth-order valence-electron chi connectivity index (χ4n) is 2.45. The summed E-state index contributed by atoms with van der Waals surface area (Å²) in [6.45, 7) is 2.94. The third-order valence-electron chi connectivity index (χ3n) is 3.43. The highest BCUT2D eigenvalue weighted by Gasteiger charge is 2.39. The molecule has 94 valence electrons. The lowest BCUT2D eigenvalue weighted by atomic mass is 9.77. The van der Waals surface area contributed by atoms with Crippen LogP contribution in [-0.4, -0.2) is 6.54 Å². The topological polar surface area (TPSA) is 12.0 Å². The summed E-state index contributed by atoms with van der Waals surface area (Å²) in [6.07, 6.45) is -1.49. The van der Waals surface area contributed by atoms with Crippen LogP contribution in [0.3, 0.4) is 0 Å². The Morgan fingerprint density at radius 2 is 2.06 bits per heavy atom. The van der Waals surface area contributed by atoms with Gasteiger partial charge in [0.15, 0.2) is 0 Å². The fraction of sp³-hybridized carbons (Fsp3) is 0.538. The second-order valence-electron chi connectivity index (χ2n) is 4.59. The fourth-order valence-corrected chi connectivity index (χ4v) is 2.45. The molecule has 1 N–H and O–H groups in total. The summed E-state index contributed by atoms with van der Waals surface area (Å²) < 4.78 is 37.9. The Kier molecular flexibility index (Phi) is 3.17. The van der Waals surface area contributed by atoms with Gasteiger partial charge in [0.25, 0.3) is 0 Å². The van der Waals surface area contributed by atoms with Gasteiger partial charge in [-0.1, -0.05) is 25.5 Å². The zero-order chi connectivity index (χ0) is 12.5. The smallest absolute Gasteiger partial charge is 0.307 e. The van der Waals surface area contributed by atoms with E-state index in [1.807, 2.05) is 0 Å². The molecule has 4 heteroatoms. The molecule has 1 aromatic carbocycles. The standard InChI is InChI=1S/C13H16F3N/c1-2-6-12(7-8-17-12)10-4-3-5-11(9-10)13(14,15)16/h3-5,9,17H,2,6-8H2,1H3. The zero-order valence-electron chi connectivity index (χ0n) is 9.77. The number of rotatable bonds is 3. The number of halogens is 3. The van der Waals surface area contributed by atoms with E-state index in [4.69, 9.17) is 0 Å². The van der Waals surface area contributed by atoms with E-state index in [1.165, 1.54) is 12.1 Å². The van der Waals surface area contributed by atoms with Crippen LogP contribution in [-0.2, 0) is 11.7 Å². The van der Waals surface area contributed by atoms with E-state index >= 15 is 0 Å². The van der Waals surface area contributed by atoms with Crippen LogP contribution >= 0.6 is 0 Å². The predicted molar refractivity (Wildman–Crippen MR) is 60.6 cm³/mol. The number of nitrogens with one attached hydrogen (secondary N) is 1. The maximum Gasteiger partial charge on any atom is 0.416 e. The quantitative estimate of drug-likeness (QED) is 0.853. The number of benzene rings is 1. The first-order chi connectivity index (χ1) is 7.98. The van der Waals surface area contributed by atoms with Crippen LogP contribution in [0.4, 0.5) is 13.2 Å². The lowest BCUT2D eigenvalue weighted by Gasteiger charge is -2.44. The first-order valence-corrected chi connectivity index (χ1v) is 5.91. The Hall–Kier alpha value is -1.03. The van der Waals surface area contributed by atoms with Crippen molar-refractivity contribution < 1.29 is 13.2 Å². The van der Waals surface area contributed by atoms with Crippen molar-refractivity contribution in [2.45, 2.75) is 37.9 Å². The molecule has 2 rings (SSSR count). The second-order valence-corrected chi connectivity index (χ2v) is 4.59. The summed E-state index contributed by atoms with van der Waals surface area (Å²) in [5.41, 5.74) is -0.0182. The molecule has 0 aromatic heterocycles. The van der Waals surface area contributed by atoms with Crippen molar-refractivity contribution in [3.05, 3.63) is 35.4 Å². The van der Waals surface area contributed by atoms with Crippen molar-refractivity contribution in [1.82, 2.24) is 5.32 Å². The van der Waals surface area contributed by atoms with Crippen molar-refractivity contribution in [3.63, 3.8) is 0 Å². The Morgan fingerprint density at radius 1 is 1.35 bits per heavy atom. The maximum absolute atomic E-state index is 12.6. The molecule has 0 bridgehead atoms. The van der Waals surface area contributed by atoms with E-state index in [1.54, 1.807) is 6.07 Å². The normalized spacial score (nSPS) is 24.5. The number of hydrogen-bond donors (Lipinski definition) is 1. The third-order valence-corrected chi connectivity index (χ3v) is 3.43. The highest BCUT2D eigenvalue weighted by atomic mass is 19.4. The van der Waals surface area contributed by atoms with Gasteiger partial charge in [-0.3, -0.25) is 0 Å². The minimum atomic E-state index is -4.26. The van der Waals surface area contributed by atoms with Crippen LogP contribution in [0.1, 0.15) is 37.3 Å². The minimum absolute atomic E-state index is 0.226. The van der Waals surface area contributed by atoms with E-state index in [-0.39, 0.29) is 5.54 Å². The first-order valence-electron chi connectivity index (χ1n) is 5.91. The lowest BCUT2D eigenvalue weighted by Crippen LogP contribution is -2.54. The Bertz CT molecular complexity index is 394. The van der Waals surface area contributed by atoms with Crippen LogP contribution < -0.4 is 5.32 Å². The van der Waals surface area contributed by atoms with Crippen LogP contribution in [0, 0.1) is 0 Å². The van der Waals surface area contributed by atoms with Crippen LogP contribution in [0.15, 0.2) is 24.3 Å². The summed E-state index contributed by atoms with van der Waals surface area (Å²) in [5.74, 6) is 0.